The molecule has 1 fully saturated rings. The van der Waals surface area contributed by atoms with Crippen LogP contribution in [0.15, 0.2) is 67.0 Å². The van der Waals surface area contributed by atoms with E-state index in [9.17, 15) is 4.79 Å². The summed E-state index contributed by atoms with van der Waals surface area (Å²) in [6.07, 6.45) is 10.4. The number of nitrogens with zero attached hydrogens (tertiary/aromatic N) is 2. The predicted octanol–water partition coefficient (Wildman–Crippen LogP) is 5.52. The number of hydrogen-bond donors (Lipinski definition) is 0. The van der Waals surface area contributed by atoms with E-state index in [2.05, 4.69) is 58.1 Å². The highest BCUT2D eigenvalue weighted by molar-refractivity contribution is 6.08. The molecule has 1 aromatic heterocycles. The highest BCUT2D eigenvalue weighted by Crippen LogP contribution is 2.26. The molecule has 3 heteroatoms. The van der Waals surface area contributed by atoms with Crippen LogP contribution in [0.2, 0.25) is 0 Å². The van der Waals surface area contributed by atoms with Gasteiger partial charge in [0.1, 0.15) is 0 Å². The topological polar surface area (TPSA) is 25.2 Å². The SMILES string of the molecule is Cn1cc(C(=O)CCC2CCN(C=Cc3ccccc3)CC2)c2ccccc21. The first-order valence-electron chi connectivity index (χ1n) is 10.3. The van der Waals surface area contributed by atoms with Crippen molar-refractivity contribution in [1.82, 2.24) is 9.47 Å². The van der Waals surface area contributed by atoms with Crippen LogP contribution in [-0.2, 0) is 7.05 Å². The molecule has 1 aliphatic rings. The van der Waals surface area contributed by atoms with Gasteiger partial charge in [0.05, 0.1) is 0 Å². The third-order valence-corrected chi connectivity index (χ3v) is 5.90. The highest BCUT2D eigenvalue weighted by atomic mass is 16.1. The van der Waals surface area contributed by atoms with E-state index < -0.39 is 0 Å². The number of likely N-dealkylation sites (tertiary alicyclic amines) is 1. The van der Waals surface area contributed by atoms with Crippen molar-refractivity contribution in [2.24, 2.45) is 13.0 Å². The second-order valence-corrected chi connectivity index (χ2v) is 7.84. The van der Waals surface area contributed by atoms with E-state index in [-0.39, 0.29) is 5.78 Å². The molecular weight excluding hydrogens is 344 g/mol. The van der Waals surface area contributed by atoms with Crippen molar-refractivity contribution < 1.29 is 4.79 Å². The van der Waals surface area contributed by atoms with E-state index in [1.165, 1.54) is 18.4 Å². The molecule has 0 atom stereocenters. The number of hydrogen-bond acceptors (Lipinski definition) is 2. The summed E-state index contributed by atoms with van der Waals surface area (Å²) in [6, 6.07) is 18.6. The van der Waals surface area contributed by atoms with E-state index in [4.69, 9.17) is 0 Å². The lowest BCUT2D eigenvalue weighted by atomic mass is 9.90. The third-order valence-electron chi connectivity index (χ3n) is 5.90. The zero-order valence-electron chi connectivity index (χ0n) is 16.6. The smallest absolute Gasteiger partial charge is 0.165 e. The lowest BCUT2D eigenvalue weighted by Crippen LogP contribution is -2.29. The fourth-order valence-corrected chi connectivity index (χ4v) is 4.18. The number of benzene rings is 2. The number of para-hydroxylation sites is 1. The van der Waals surface area contributed by atoms with Crippen molar-refractivity contribution in [2.75, 3.05) is 13.1 Å². The number of aryl methyl sites for hydroxylation is 1. The first-order chi connectivity index (χ1) is 13.7. The molecule has 1 saturated heterocycles. The van der Waals surface area contributed by atoms with Gasteiger partial charge in [-0.2, -0.15) is 0 Å². The fourth-order valence-electron chi connectivity index (χ4n) is 4.18. The van der Waals surface area contributed by atoms with Crippen LogP contribution in [0.5, 0.6) is 0 Å². The van der Waals surface area contributed by atoms with Gasteiger partial charge in [-0.05, 0) is 49.1 Å². The molecule has 0 bridgehead atoms. The van der Waals surface area contributed by atoms with Gasteiger partial charge in [-0.1, -0.05) is 48.5 Å². The van der Waals surface area contributed by atoms with Crippen LogP contribution in [0.4, 0.5) is 0 Å². The van der Waals surface area contributed by atoms with Crippen LogP contribution in [0.3, 0.4) is 0 Å². The molecule has 3 aromatic rings. The van der Waals surface area contributed by atoms with Gasteiger partial charge < -0.3 is 9.47 Å². The van der Waals surface area contributed by atoms with Crippen LogP contribution in [0.25, 0.3) is 17.0 Å². The quantitative estimate of drug-likeness (QED) is 0.532. The van der Waals surface area contributed by atoms with E-state index in [1.54, 1.807) is 0 Å². The van der Waals surface area contributed by atoms with Crippen LogP contribution in [-0.4, -0.2) is 28.3 Å². The van der Waals surface area contributed by atoms with Crippen molar-refractivity contribution in [1.29, 1.82) is 0 Å². The van der Waals surface area contributed by atoms with Crippen molar-refractivity contribution in [3.63, 3.8) is 0 Å². The monoisotopic (exact) mass is 372 g/mol. The largest absolute Gasteiger partial charge is 0.377 e. The van der Waals surface area contributed by atoms with Crippen LogP contribution >= 0.6 is 0 Å². The average Bonchev–Trinajstić information content (AvgIpc) is 3.09. The Morgan fingerprint density at radius 2 is 1.75 bits per heavy atom. The van der Waals surface area contributed by atoms with Gasteiger partial charge in [0.15, 0.2) is 5.78 Å². The second kappa shape index (κ2) is 8.47. The number of carbonyl (C=O) groups excluding carboxylic acids is 1. The van der Waals surface area contributed by atoms with Gasteiger partial charge in [-0.15, -0.1) is 0 Å². The lowest BCUT2D eigenvalue weighted by molar-refractivity contribution is 0.0968. The zero-order valence-corrected chi connectivity index (χ0v) is 16.6. The number of piperidine rings is 1. The van der Waals surface area contributed by atoms with E-state index in [0.717, 1.165) is 36.0 Å². The molecule has 0 aliphatic carbocycles. The number of rotatable bonds is 6. The Labute approximate surface area is 167 Å². The van der Waals surface area contributed by atoms with Gasteiger partial charge in [0.2, 0.25) is 0 Å². The zero-order chi connectivity index (χ0) is 19.3. The summed E-state index contributed by atoms with van der Waals surface area (Å²) in [5.41, 5.74) is 3.25. The van der Waals surface area contributed by atoms with Gasteiger partial charge in [-0.3, -0.25) is 4.79 Å². The normalized spacial score (nSPS) is 15.5. The predicted molar refractivity (Wildman–Crippen MR) is 116 cm³/mol. The summed E-state index contributed by atoms with van der Waals surface area (Å²) in [5.74, 6) is 0.934. The molecule has 0 N–H and O–H groups in total. The second-order valence-electron chi connectivity index (χ2n) is 7.84. The highest BCUT2D eigenvalue weighted by Gasteiger charge is 2.20. The molecule has 2 aromatic carbocycles. The van der Waals surface area contributed by atoms with E-state index in [0.29, 0.717) is 12.3 Å². The Balaban J connectivity index is 1.28. The van der Waals surface area contributed by atoms with Gasteiger partial charge in [0.25, 0.3) is 0 Å². The Hall–Kier alpha value is -2.81. The Morgan fingerprint density at radius 1 is 1.04 bits per heavy atom. The number of carbonyl (C=O) groups is 1. The minimum Gasteiger partial charge on any atom is -0.377 e. The lowest BCUT2D eigenvalue weighted by Gasteiger charge is -2.31. The van der Waals surface area contributed by atoms with Crippen LogP contribution in [0.1, 0.15) is 41.6 Å². The summed E-state index contributed by atoms with van der Waals surface area (Å²) in [4.78, 5) is 15.2. The average molecular weight is 373 g/mol. The molecule has 0 amide bonds. The van der Waals surface area contributed by atoms with Gasteiger partial charge >= 0.3 is 0 Å². The maximum Gasteiger partial charge on any atom is 0.165 e. The molecule has 4 rings (SSSR count). The Morgan fingerprint density at radius 3 is 2.54 bits per heavy atom. The van der Waals surface area contributed by atoms with Gasteiger partial charge in [-0.25, -0.2) is 0 Å². The summed E-state index contributed by atoms with van der Waals surface area (Å²) >= 11 is 0. The molecule has 144 valence electrons. The van der Waals surface area contributed by atoms with E-state index in [1.807, 2.05) is 31.4 Å². The van der Waals surface area contributed by atoms with Gasteiger partial charge in [0, 0.05) is 49.2 Å². The third kappa shape index (κ3) is 4.19. The van der Waals surface area contributed by atoms with Crippen molar-refractivity contribution >= 4 is 22.8 Å². The maximum absolute atomic E-state index is 12.8. The summed E-state index contributed by atoms with van der Waals surface area (Å²) in [5, 5.41) is 1.08. The first kappa shape index (κ1) is 18.5. The number of aromatic nitrogens is 1. The minimum absolute atomic E-state index is 0.281. The molecular formula is C25H28N2O. The standard InChI is InChI=1S/C25H28N2O/c1-26-19-23(22-9-5-6-10-24(22)26)25(28)12-11-21-14-17-27(18-15-21)16-13-20-7-3-2-4-8-20/h2-10,13,16,19,21H,11-12,14-15,17-18H2,1H3. The molecule has 0 spiro atoms. The van der Waals surface area contributed by atoms with Crippen molar-refractivity contribution in [3.8, 4) is 0 Å². The number of fused-ring (bicyclic) bond motifs is 1. The van der Waals surface area contributed by atoms with Crippen molar-refractivity contribution in [3.05, 3.63) is 78.1 Å². The molecule has 3 nitrogen and oxygen atoms in total. The first-order valence-corrected chi connectivity index (χ1v) is 10.3. The maximum atomic E-state index is 12.8. The molecule has 0 saturated carbocycles. The fraction of sp³-hybridized carbons (Fsp3) is 0.320. The Bertz CT molecular complexity index is 963. The molecule has 0 unspecified atom stereocenters. The Kier molecular flexibility index (Phi) is 5.61. The molecule has 1 aliphatic heterocycles. The molecule has 28 heavy (non-hydrogen) atoms. The number of Topliss-reactive ketones (excluding diaryl/α,β-unsaturated/α-hetero) is 1. The summed E-state index contributed by atoms with van der Waals surface area (Å²) in [7, 11) is 2.01. The van der Waals surface area contributed by atoms with Crippen molar-refractivity contribution in [2.45, 2.75) is 25.7 Å². The summed E-state index contributed by atoms with van der Waals surface area (Å²) < 4.78 is 2.06. The van der Waals surface area contributed by atoms with E-state index >= 15 is 0 Å². The van der Waals surface area contributed by atoms with Crippen LogP contribution in [0, 0.1) is 5.92 Å². The molecule has 2 heterocycles. The number of ketones is 1. The minimum atomic E-state index is 0.281. The van der Waals surface area contributed by atoms with Crippen LogP contribution < -0.4 is 0 Å². The molecule has 0 radical (unpaired) electrons. The summed E-state index contributed by atoms with van der Waals surface area (Å²) in [6.45, 7) is 2.16.